The molecule has 0 spiro atoms. The largest absolute Gasteiger partial charge is 0.435 e. The zero-order valence-electron chi connectivity index (χ0n) is 21.8. The normalized spacial score (nSPS) is 11.5. The summed E-state index contributed by atoms with van der Waals surface area (Å²) in [5, 5.41) is 20.0. The molecule has 3 aromatic heterocycles. The number of aromatic nitrogens is 7. The number of aryl methyl sites for hydroxylation is 1. The number of nitrogens with one attached hydrogen (secondary N) is 2. The van der Waals surface area contributed by atoms with Gasteiger partial charge in [-0.1, -0.05) is 22.6 Å². The molecule has 222 valence electrons. The van der Waals surface area contributed by atoms with E-state index in [1.54, 1.807) is 6.07 Å². The molecule has 0 aliphatic carbocycles. The smallest absolute Gasteiger partial charge is 0.416 e. The van der Waals surface area contributed by atoms with Crippen LogP contribution < -0.4 is 10.1 Å². The number of carbonyl (C=O) groups excluding carboxylic acids is 2. The fourth-order valence-electron chi connectivity index (χ4n) is 3.85. The van der Waals surface area contributed by atoms with Crippen molar-refractivity contribution in [3.05, 3.63) is 83.2 Å². The third-order valence-electron chi connectivity index (χ3n) is 5.83. The molecule has 0 aliphatic heterocycles. The van der Waals surface area contributed by atoms with E-state index in [1.807, 2.05) is 0 Å². The number of carbonyl (C=O) groups is 2. The third-order valence-corrected chi connectivity index (χ3v) is 5.83. The van der Waals surface area contributed by atoms with E-state index >= 15 is 0 Å². The lowest BCUT2D eigenvalue weighted by molar-refractivity contribution is -0.137. The topological polar surface area (TPSA) is 144 Å². The number of H-pyrrole nitrogens is 1. The molecule has 17 heteroatoms. The second-order valence-corrected chi connectivity index (χ2v) is 8.90. The van der Waals surface area contributed by atoms with Gasteiger partial charge in [0.15, 0.2) is 11.4 Å². The van der Waals surface area contributed by atoms with Gasteiger partial charge in [-0.05, 0) is 42.7 Å². The second kappa shape index (κ2) is 13.6. The first-order chi connectivity index (χ1) is 20.1. The standard InChI is InChI=1S/C25H24F5N9O3/c26-24(27)42-19-5-3-4-16(10-19)12-32-22(40)21-15-39(37-35-21)9-2-1-8-38(23(41)20-13-33-36-34-20)14-18-11-17(6-7-31-18)25(28,29)30/h3-7,10-11,13,15,24H,1-2,8-9,12,14H2,(H,32,40)(H,33,34,36). The Bertz CT molecular complexity index is 1480. The van der Waals surface area contributed by atoms with Crippen molar-refractivity contribution >= 4 is 11.8 Å². The molecular formula is C25H24F5N9O3. The van der Waals surface area contributed by atoms with Crippen LogP contribution in [0.5, 0.6) is 5.75 Å². The van der Waals surface area contributed by atoms with Gasteiger partial charge in [-0.15, -0.1) is 10.2 Å². The third kappa shape index (κ3) is 8.52. The van der Waals surface area contributed by atoms with Crippen molar-refractivity contribution in [3.63, 3.8) is 0 Å². The molecule has 0 saturated heterocycles. The molecule has 2 N–H and O–H groups in total. The fraction of sp³-hybridized carbons (Fsp3) is 0.320. The van der Waals surface area contributed by atoms with Crippen LogP contribution in [0.2, 0.25) is 0 Å². The highest BCUT2D eigenvalue weighted by Gasteiger charge is 2.31. The van der Waals surface area contributed by atoms with E-state index in [4.69, 9.17) is 0 Å². The summed E-state index contributed by atoms with van der Waals surface area (Å²) >= 11 is 0. The summed E-state index contributed by atoms with van der Waals surface area (Å²) in [7, 11) is 0. The second-order valence-electron chi connectivity index (χ2n) is 8.90. The van der Waals surface area contributed by atoms with Crippen molar-refractivity contribution < 1.29 is 36.3 Å². The summed E-state index contributed by atoms with van der Waals surface area (Å²) in [6.07, 6.45) is 0.110. The van der Waals surface area contributed by atoms with Gasteiger partial charge < -0.3 is 15.0 Å². The predicted molar refractivity (Wildman–Crippen MR) is 134 cm³/mol. The molecule has 4 rings (SSSR count). The van der Waals surface area contributed by atoms with Crippen LogP contribution in [0.1, 0.15) is 50.6 Å². The molecule has 0 radical (unpaired) electrons. The Morgan fingerprint density at radius 2 is 1.93 bits per heavy atom. The number of nitrogens with zero attached hydrogens (tertiary/aromatic N) is 7. The van der Waals surface area contributed by atoms with Crippen LogP contribution in [0.25, 0.3) is 0 Å². The van der Waals surface area contributed by atoms with Gasteiger partial charge in [0.05, 0.1) is 30.2 Å². The Morgan fingerprint density at radius 3 is 2.67 bits per heavy atom. The molecule has 0 bridgehead atoms. The highest BCUT2D eigenvalue weighted by atomic mass is 19.4. The predicted octanol–water partition coefficient (Wildman–Crippen LogP) is 3.46. The molecule has 4 aromatic rings. The monoisotopic (exact) mass is 593 g/mol. The zero-order valence-corrected chi connectivity index (χ0v) is 21.8. The fourth-order valence-corrected chi connectivity index (χ4v) is 3.85. The maximum atomic E-state index is 13.1. The maximum Gasteiger partial charge on any atom is 0.416 e. The molecule has 1 aromatic carbocycles. The van der Waals surface area contributed by atoms with Gasteiger partial charge in [-0.25, -0.2) is 0 Å². The number of pyridine rings is 1. The molecule has 0 fully saturated rings. The molecule has 3 heterocycles. The summed E-state index contributed by atoms with van der Waals surface area (Å²) < 4.78 is 70.0. The Hall–Kier alpha value is -4.96. The minimum absolute atomic E-state index is 0.00202. The van der Waals surface area contributed by atoms with Gasteiger partial charge in [-0.3, -0.25) is 24.4 Å². The lowest BCUT2D eigenvalue weighted by Gasteiger charge is -2.21. The lowest BCUT2D eigenvalue weighted by Crippen LogP contribution is -2.32. The van der Waals surface area contributed by atoms with Crippen molar-refractivity contribution in [1.82, 2.24) is 45.6 Å². The highest BCUT2D eigenvalue weighted by molar-refractivity contribution is 5.92. The number of halogens is 5. The van der Waals surface area contributed by atoms with Gasteiger partial charge in [0.25, 0.3) is 11.8 Å². The summed E-state index contributed by atoms with van der Waals surface area (Å²) in [5.74, 6) is -1.09. The molecule has 0 aliphatic rings. The maximum absolute atomic E-state index is 13.1. The Kier molecular flexibility index (Phi) is 9.72. The van der Waals surface area contributed by atoms with Crippen molar-refractivity contribution in [1.29, 1.82) is 0 Å². The van der Waals surface area contributed by atoms with Crippen LogP contribution in [-0.2, 0) is 25.8 Å². The molecule has 2 amide bonds. The first kappa shape index (κ1) is 30.0. The highest BCUT2D eigenvalue weighted by Crippen LogP contribution is 2.29. The van der Waals surface area contributed by atoms with Crippen LogP contribution in [0.4, 0.5) is 22.0 Å². The number of hydrogen-bond acceptors (Lipinski definition) is 8. The van der Waals surface area contributed by atoms with Crippen molar-refractivity contribution in [2.45, 2.75) is 45.3 Å². The minimum Gasteiger partial charge on any atom is -0.435 e. The molecule has 12 nitrogen and oxygen atoms in total. The SMILES string of the molecule is O=C(NCc1cccc(OC(F)F)c1)c1cn(CCCCN(Cc2cc(C(F)(F)F)ccn2)C(=O)c2c[nH]nn2)nn1. The molecule has 0 saturated carbocycles. The lowest BCUT2D eigenvalue weighted by atomic mass is 10.2. The average molecular weight is 594 g/mol. The van der Waals surface area contributed by atoms with Crippen molar-refractivity contribution in [3.8, 4) is 5.75 Å². The minimum atomic E-state index is -4.55. The molecular weight excluding hydrogens is 569 g/mol. The Morgan fingerprint density at radius 1 is 1.10 bits per heavy atom. The number of hydrogen-bond donors (Lipinski definition) is 2. The van der Waals surface area contributed by atoms with Crippen molar-refractivity contribution in [2.24, 2.45) is 0 Å². The van der Waals surface area contributed by atoms with Crippen molar-refractivity contribution in [2.75, 3.05) is 6.54 Å². The van der Waals surface area contributed by atoms with Crippen LogP contribution >= 0.6 is 0 Å². The average Bonchev–Trinajstić information content (AvgIpc) is 3.66. The van der Waals surface area contributed by atoms with E-state index in [0.717, 1.165) is 18.3 Å². The van der Waals surface area contributed by atoms with Gasteiger partial charge in [0.1, 0.15) is 5.75 Å². The number of amides is 2. The number of rotatable bonds is 13. The zero-order chi connectivity index (χ0) is 30.1. The van der Waals surface area contributed by atoms with Gasteiger partial charge >= 0.3 is 12.8 Å². The number of ether oxygens (including phenoxy) is 1. The first-order valence-corrected chi connectivity index (χ1v) is 12.5. The van der Waals surface area contributed by atoms with E-state index in [0.29, 0.717) is 24.9 Å². The Labute approximate surface area is 234 Å². The van der Waals surface area contributed by atoms with Crippen LogP contribution in [-0.4, -0.2) is 65.3 Å². The van der Waals surface area contributed by atoms with Crippen LogP contribution in [0.3, 0.4) is 0 Å². The summed E-state index contributed by atoms with van der Waals surface area (Å²) in [6, 6.07) is 7.64. The van der Waals surface area contributed by atoms with Gasteiger partial charge in [0, 0.05) is 25.8 Å². The summed E-state index contributed by atoms with van der Waals surface area (Å²) in [4.78, 5) is 30.6. The molecule has 42 heavy (non-hydrogen) atoms. The summed E-state index contributed by atoms with van der Waals surface area (Å²) in [5.41, 5.74) is -0.238. The number of alkyl halides is 5. The molecule has 0 atom stereocenters. The van der Waals surface area contributed by atoms with E-state index in [-0.39, 0.29) is 42.5 Å². The first-order valence-electron chi connectivity index (χ1n) is 12.5. The quantitative estimate of drug-likeness (QED) is 0.177. The van der Waals surface area contributed by atoms with E-state index in [2.05, 4.69) is 40.8 Å². The van der Waals surface area contributed by atoms with E-state index in [9.17, 15) is 31.5 Å². The number of aromatic amines is 1. The van der Waals surface area contributed by atoms with Gasteiger partial charge in [0.2, 0.25) is 0 Å². The Balaban J connectivity index is 1.29. The van der Waals surface area contributed by atoms with Crippen LogP contribution in [0.15, 0.2) is 55.0 Å². The van der Waals surface area contributed by atoms with Crippen LogP contribution in [0, 0.1) is 0 Å². The van der Waals surface area contributed by atoms with Gasteiger partial charge in [-0.2, -0.15) is 22.0 Å². The van der Waals surface area contributed by atoms with E-state index in [1.165, 1.54) is 40.2 Å². The van der Waals surface area contributed by atoms with E-state index < -0.39 is 30.2 Å². The number of benzene rings is 1. The molecule has 0 unspecified atom stereocenters. The number of unbranched alkanes of at least 4 members (excludes halogenated alkanes) is 1. The summed E-state index contributed by atoms with van der Waals surface area (Å²) in [6.45, 7) is -2.60.